The van der Waals surface area contributed by atoms with Gasteiger partial charge in [-0.2, -0.15) is 0 Å². The summed E-state index contributed by atoms with van der Waals surface area (Å²) in [6, 6.07) is 37.3. The molecule has 6 unspecified atom stereocenters. The number of para-hydroxylation sites is 2. The summed E-state index contributed by atoms with van der Waals surface area (Å²) in [5.74, 6) is -4.59. The molecular weight excluding hydrogens is 714 g/mol. The Morgan fingerprint density at radius 2 is 1.49 bits per heavy atom. The quantitative estimate of drug-likeness (QED) is 0.139. The molecule has 1 saturated carbocycles. The number of amides is 4. The highest BCUT2D eigenvalue weighted by Crippen LogP contribution is 2.64. The van der Waals surface area contributed by atoms with Crippen LogP contribution in [0.3, 0.4) is 0 Å². The first kappa shape index (κ1) is 33.3. The minimum Gasteiger partial charge on any atom is -0.508 e. The van der Waals surface area contributed by atoms with Crippen molar-refractivity contribution in [2.75, 3.05) is 9.80 Å². The van der Waals surface area contributed by atoms with Gasteiger partial charge in [-0.25, -0.2) is 9.88 Å². The molecule has 0 radical (unpaired) electrons. The Morgan fingerprint density at radius 1 is 0.727 bits per heavy atom. The summed E-state index contributed by atoms with van der Waals surface area (Å²) in [5.41, 5.74) is 3.57. The van der Waals surface area contributed by atoms with Gasteiger partial charge in [0, 0.05) is 16.5 Å². The maximum absolute atomic E-state index is 15.3. The Labute approximate surface area is 320 Å². The number of fused-ring (bicyclic) bond motifs is 5. The molecule has 3 fully saturated rings. The lowest BCUT2D eigenvalue weighted by atomic mass is 9.49. The standard InChI is InChI=1S/C45H32ClN3O6/c46-28-11-7-12-30(23-28)49-42(52)35-24-34-32(39(26-8-6-13-31(50)22-26)45(35,44(49)54)27-9-2-1-3-10-27)20-21-33-38(34)43(53)48(41(33)51)29-18-16-25(17-19-29)40-47-36-14-4-5-15-37(36)55-40/h1-20,22-23,33-35,38-39,50H,21,24H2. The molecule has 1 aromatic heterocycles. The summed E-state index contributed by atoms with van der Waals surface area (Å²) in [7, 11) is 0. The van der Waals surface area contributed by atoms with Gasteiger partial charge in [-0.05, 0) is 96.6 Å². The number of allylic oxidation sites excluding steroid dienone is 2. The molecule has 10 heteroatoms. The molecule has 9 nitrogen and oxygen atoms in total. The molecule has 1 N–H and O–H groups in total. The van der Waals surface area contributed by atoms with Gasteiger partial charge >= 0.3 is 0 Å². The van der Waals surface area contributed by atoms with Crippen LogP contribution in [-0.2, 0) is 24.6 Å². The number of nitrogens with zero attached hydrogens (tertiary/aromatic N) is 3. The van der Waals surface area contributed by atoms with Crippen LogP contribution in [0.15, 0.2) is 143 Å². The molecular formula is C45H32ClN3O6. The number of anilines is 2. The van der Waals surface area contributed by atoms with Crippen LogP contribution in [0.1, 0.15) is 29.9 Å². The monoisotopic (exact) mass is 745 g/mol. The van der Waals surface area contributed by atoms with Crippen molar-refractivity contribution >= 4 is 57.7 Å². The largest absolute Gasteiger partial charge is 0.508 e. The number of imide groups is 2. The molecule has 6 aromatic rings. The summed E-state index contributed by atoms with van der Waals surface area (Å²) in [4.78, 5) is 66.3. The maximum Gasteiger partial charge on any atom is 0.246 e. The van der Waals surface area contributed by atoms with Crippen LogP contribution in [0.5, 0.6) is 5.75 Å². The highest BCUT2D eigenvalue weighted by molar-refractivity contribution is 6.32. The number of hydrogen-bond donors (Lipinski definition) is 1. The zero-order valence-electron chi connectivity index (χ0n) is 29.2. The summed E-state index contributed by atoms with van der Waals surface area (Å²) in [5, 5.41) is 11.2. The minimum absolute atomic E-state index is 0.0109. The van der Waals surface area contributed by atoms with Gasteiger partial charge in [-0.1, -0.05) is 83.9 Å². The second-order valence-corrected chi connectivity index (χ2v) is 15.2. The lowest BCUT2D eigenvalue weighted by Gasteiger charge is -2.50. The molecule has 2 aliphatic carbocycles. The van der Waals surface area contributed by atoms with Crippen LogP contribution in [0.2, 0.25) is 5.02 Å². The molecule has 55 heavy (non-hydrogen) atoms. The minimum atomic E-state index is -1.42. The number of phenolic OH excluding ortho intramolecular Hbond substituents is 1. The van der Waals surface area contributed by atoms with E-state index in [4.69, 9.17) is 16.0 Å². The molecule has 10 rings (SSSR count). The third-order valence-electron chi connectivity index (χ3n) is 12.0. The van der Waals surface area contributed by atoms with Gasteiger partial charge in [-0.15, -0.1) is 0 Å². The third-order valence-corrected chi connectivity index (χ3v) is 12.3. The molecule has 0 bridgehead atoms. The van der Waals surface area contributed by atoms with Crippen LogP contribution < -0.4 is 9.80 Å². The molecule has 0 spiro atoms. The highest BCUT2D eigenvalue weighted by Gasteiger charge is 2.70. The average Bonchev–Trinajstić information content (AvgIpc) is 3.82. The van der Waals surface area contributed by atoms with E-state index in [2.05, 4.69) is 4.98 Å². The molecule has 2 saturated heterocycles. The number of phenols is 1. The predicted molar refractivity (Wildman–Crippen MR) is 206 cm³/mol. The molecule has 3 heterocycles. The van der Waals surface area contributed by atoms with Crippen LogP contribution >= 0.6 is 11.6 Å². The number of aromatic hydroxyl groups is 1. The van der Waals surface area contributed by atoms with E-state index < -0.39 is 46.8 Å². The first-order chi connectivity index (χ1) is 26.8. The number of carbonyl (C=O) groups is 4. The molecule has 2 aliphatic heterocycles. The normalized spacial score (nSPS) is 25.9. The summed E-state index contributed by atoms with van der Waals surface area (Å²) >= 11 is 6.41. The predicted octanol–water partition coefficient (Wildman–Crippen LogP) is 8.22. The fraction of sp³-hybridized carbons (Fsp3) is 0.178. The fourth-order valence-corrected chi connectivity index (χ4v) is 10.0. The smallest absolute Gasteiger partial charge is 0.246 e. The number of oxazole rings is 1. The summed E-state index contributed by atoms with van der Waals surface area (Å²) < 4.78 is 5.94. The van der Waals surface area contributed by atoms with Crippen LogP contribution in [0.4, 0.5) is 11.4 Å². The fourth-order valence-electron chi connectivity index (χ4n) is 9.83. The van der Waals surface area contributed by atoms with E-state index in [-0.39, 0.29) is 30.4 Å². The van der Waals surface area contributed by atoms with Crippen LogP contribution in [0, 0.1) is 23.7 Å². The number of hydrogen-bond acceptors (Lipinski definition) is 7. The third kappa shape index (κ3) is 4.82. The van der Waals surface area contributed by atoms with Crippen LogP contribution in [0.25, 0.3) is 22.6 Å². The Kier molecular flexibility index (Phi) is 7.48. The number of aromatic nitrogens is 1. The number of benzene rings is 5. The first-order valence-electron chi connectivity index (χ1n) is 18.3. The second kappa shape index (κ2) is 12.4. The van der Waals surface area contributed by atoms with Crippen molar-refractivity contribution in [2.45, 2.75) is 24.2 Å². The van der Waals surface area contributed by atoms with Crippen molar-refractivity contribution in [1.82, 2.24) is 4.98 Å². The Hall–Kier alpha value is -6.32. The SMILES string of the molecule is O=C1C2CC=C3C(CC4C(=O)N(c5cccc(Cl)c5)C(=O)C4(c4ccccc4)C3c3cccc(O)c3)C2C(=O)N1c1ccc(-c2nc3ccccc3o2)cc1. The van der Waals surface area contributed by atoms with Gasteiger partial charge in [-0.3, -0.25) is 24.1 Å². The van der Waals surface area contributed by atoms with Crippen LogP contribution in [-0.4, -0.2) is 33.7 Å². The van der Waals surface area contributed by atoms with E-state index >= 15 is 4.79 Å². The zero-order valence-corrected chi connectivity index (χ0v) is 30.0. The van der Waals surface area contributed by atoms with Gasteiger partial charge < -0.3 is 9.52 Å². The van der Waals surface area contributed by atoms with Gasteiger partial charge in [0.1, 0.15) is 11.3 Å². The molecule has 4 amide bonds. The van der Waals surface area contributed by atoms with E-state index in [9.17, 15) is 19.5 Å². The zero-order chi connectivity index (χ0) is 37.6. The van der Waals surface area contributed by atoms with Gasteiger partial charge in [0.15, 0.2) is 5.58 Å². The van der Waals surface area contributed by atoms with Gasteiger partial charge in [0.25, 0.3) is 0 Å². The van der Waals surface area contributed by atoms with Gasteiger partial charge in [0.2, 0.25) is 29.5 Å². The lowest BCUT2D eigenvalue weighted by Crippen LogP contribution is -2.53. The topological polar surface area (TPSA) is 121 Å². The number of halogens is 1. The Balaban J connectivity index is 1.08. The Morgan fingerprint density at radius 3 is 2.25 bits per heavy atom. The van der Waals surface area contributed by atoms with Crippen molar-refractivity contribution in [3.05, 3.63) is 155 Å². The average molecular weight is 746 g/mol. The lowest BCUT2D eigenvalue weighted by molar-refractivity contribution is -0.127. The molecule has 4 aliphatic rings. The molecule has 6 atom stereocenters. The van der Waals surface area contributed by atoms with Gasteiger partial charge in [0.05, 0.1) is 34.5 Å². The highest BCUT2D eigenvalue weighted by atomic mass is 35.5. The Bertz CT molecular complexity index is 2590. The molecule has 270 valence electrons. The van der Waals surface area contributed by atoms with E-state index in [1.54, 1.807) is 66.7 Å². The first-order valence-corrected chi connectivity index (χ1v) is 18.7. The van der Waals surface area contributed by atoms with E-state index in [1.165, 1.54) is 9.80 Å². The summed E-state index contributed by atoms with van der Waals surface area (Å²) in [6.07, 6.45) is 2.46. The second-order valence-electron chi connectivity index (χ2n) is 14.7. The molecule has 5 aromatic carbocycles. The number of rotatable bonds is 5. The van der Waals surface area contributed by atoms with E-state index in [0.717, 1.165) is 11.1 Å². The van der Waals surface area contributed by atoms with Crippen molar-refractivity contribution in [1.29, 1.82) is 0 Å². The van der Waals surface area contributed by atoms with E-state index in [1.807, 2.05) is 66.7 Å². The van der Waals surface area contributed by atoms with Crippen molar-refractivity contribution in [2.24, 2.45) is 23.7 Å². The van der Waals surface area contributed by atoms with Crippen molar-refractivity contribution in [3.8, 4) is 17.2 Å². The van der Waals surface area contributed by atoms with Crippen molar-refractivity contribution < 1.29 is 28.7 Å². The van der Waals surface area contributed by atoms with E-state index in [0.29, 0.717) is 44.6 Å². The number of carbonyl (C=O) groups excluding carboxylic acids is 4. The summed E-state index contributed by atoms with van der Waals surface area (Å²) in [6.45, 7) is 0. The van der Waals surface area contributed by atoms with Crippen molar-refractivity contribution in [3.63, 3.8) is 0 Å². The maximum atomic E-state index is 15.3.